The van der Waals surface area contributed by atoms with Crippen LogP contribution in [-0.2, 0) is 32.8 Å². The van der Waals surface area contributed by atoms with Gasteiger partial charge in [0.15, 0.2) is 0 Å². The number of hydrogen-bond donors (Lipinski definition) is 4. The zero-order valence-corrected chi connectivity index (χ0v) is 24.9. The second-order valence-electron chi connectivity index (χ2n) is 9.79. The molecule has 0 atom stereocenters. The number of nitrogens with zero attached hydrogens (tertiary/aromatic N) is 3. The molecule has 2 heterocycles. The highest BCUT2D eigenvalue weighted by Crippen LogP contribution is 2.34. The van der Waals surface area contributed by atoms with Gasteiger partial charge in [0.1, 0.15) is 5.82 Å². The van der Waals surface area contributed by atoms with E-state index in [9.17, 15) is 30.0 Å². The van der Waals surface area contributed by atoms with Gasteiger partial charge in [-0.05, 0) is 56.4 Å². The number of rotatable bonds is 6. The van der Waals surface area contributed by atoms with Crippen LogP contribution in [0, 0.1) is 11.8 Å². The van der Waals surface area contributed by atoms with Crippen molar-refractivity contribution in [1.82, 2.24) is 24.3 Å². The number of fused-ring (bicyclic) bond motifs is 4. The lowest BCUT2D eigenvalue weighted by Crippen LogP contribution is -2.26. The molecule has 0 saturated heterocycles. The van der Waals surface area contributed by atoms with E-state index in [2.05, 4.69) is 41.9 Å². The highest BCUT2D eigenvalue weighted by molar-refractivity contribution is 7.89. The van der Waals surface area contributed by atoms with Crippen molar-refractivity contribution in [3.05, 3.63) is 65.4 Å². The maximum absolute atomic E-state index is 13.6. The Hall–Kier alpha value is -3.75. The standard InChI is InChI=1S/C27H30F3N7O4S2/c1-37(2)18-20-10-11-23(16-24(20)27(28,29)30)43(40,41)33-13-4-3-7-19-17-32-26-35-21-8-5-9-22(15-21)42(38,39)34-14-6-12-31-25(19)36-26/h5,8-11,15-17,33-34H,4,6,12-14,18H2,1-2H3,(H2,31,32,35,36). The summed E-state index contributed by atoms with van der Waals surface area (Å²) in [5, 5.41) is 6.08. The molecule has 1 aliphatic heterocycles. The minimum atomic E-state index is -4.71. The van der Waals surface area contributed by atoms with Gasteiger partial charge in [0, 0.05) is 38.3 Å². The first-order chi connectivity index (χ1) is 20.2. The van der Waals surface area contributed by atoms with Gasteiger partial charge >= 0.3 is 6.18 Å². The minimum Gasteiger partial charge on any atom is -0.369 e. The van der Waals surface area contributed by atoms with Crippen LogP contribution >= 0.6 is 0 Å². The Morgan fingerprint density at radius 2 is 1.91 bits per heavy atom. The van der Waals surface area contributed by atoms with E-state index in [0.717, 1.165) is 6.07 Å². The van der Waals surface area contributed by atoms with Gasteiger partial charge in [-0.25, -0.2) is 31.3 Å². The fourth-order valence-corrected chi connectivity index (χ4v) is 6.25. The molecule has 4 rings (SSSR count). The zero-order chi connectivity index (χ0) is 31.3. The Morgan fingerprint density at radius 3 is 2.65 bits per heavy atom. The first kappa shape index (κ1) is 32.2. The molecule has 0 aliphatic carbocycles. The molecule has 0 spiro atoms. The van der Waals surface area contributed by atoms with Crippen LogP contribution in [0.15, 0.2) is 58.5 Å². The molecule has 43 heavy (non-hydrogen) atoms. The quantitative estimate of drug-likeness (QED) is 0.237. The third-order valence-corrected chi connectivity index (χ3v) is 8.99. The number of anilines is 3. The van der Waals surface area contributed by atoms with Gasteiger partial charge in [-0.2, -0.15) is 18.2 Å². The third kappa shape index (κ3) is 8.65. The summed E-state index contributed by atoms with van der Waals surface area (Å²) in [6, 6.07) is 9.17. The van der Waals surface area contributed by atoms with E-state index in [0.29, 0.717) is 36.1 Å². The van der Waals surface area contributed by atoms with Crippen molar-refractivity contribution in [2.75, 3.05) is 44.4 Å². The third-order valence-electron chi connectivity index (χ3n) is 6.08. The lowest BCUT2D eigenvalue weighted by molar-refractivity contribution is -0.138. The largest absolute Gasteiger partial charge is 0.416 e. The molecule has 0 unspecified atom stereocenters. The Morgan fingerprint density at radius 1 is 1.12 bits per heavy atom. The molecule has 230 valence electrons. The second-order valence-corrected chi connectivity index (χ2v) is 13.3. The highest BCUT2D eigenvalue weighted by Gasteiger charge is 2.34. The predicted molar refractivity (Wildman–Crippen MR) is 156 cm³/mol. The second kappa shape index (κ2) is 13.3. The van der Waals surface area contributed by atoms with Crippen LogP contribution < -0.4 is 20.1 Å². The van der Waals surface area contributed by atoms with Crippen LogP contribution in [0.5, 0.6) is 0 Å². The molecule has 1 aromatic heterocycles. The van der Waals surface area contributed by atoms with Crippen molar-refractivity contribution in [1.29, 1.82) is 0 Å². The van der Waals surface area contributed by atoms with E-state index >= 15 is 0 Å². The van der Waals surface area contributed by atoms with Crippen LogP contribution in [-0.4, -0.2) is 65.4 Å². The summed E-state index contributed by atoms with van der Waals surface area (Å²) in [7, 11) is -4.67. The molecule has 11 nitrogen and oxygen atoms in total. The number of nitrogens with one attached hydrogen (secondary N) is 4. The minimum absolute atomic E-state index is 0.00176. The first-order valence-electron chi connectivity index (χ1n) is 13.1. The van der Waals surface area contributed by atoms with E-state index < -0.39 is 36.7 Å². The van der Waals surface area contributed by atoms with E-state index in [-0.39, 0.29) is 42.5 Å². The molecular weight excluding hydrogens is 607 g/mol. The zero-order valence-electron chi connectivity index (χ0n) is 23.3. The summed E-state index contributed by atoms with van der Waals surface area (Å²) in [5.74, 6) is 6.31. The monoisotopic (exact) mass is 637 g/mol. The number of aromatic nitrogens is 2. The fraction of sp³-hybridized carbons (Fsp3) is 0.333. The Balaban J connectivity index is 1.46. The van der Waals surface area contributed by atoms with Crippen molar-refractivity contribution in [3.8, 4) is 11.8 Å². The van der Waals surface area contributed by atoms with Crippen molar-refractivity contribution in [2.45, 2.75) is 35.4 Å². The average molecular weight is 638 g/mol. The summed E-state index contributed by atoms with van der Waals surface area (Å²) >= 11 is 0. The van der Waals surface area contributed by atoms with Gasteiger partial charge in [-0.1, -0.05) is 24.0 Å². The molecule has 4 N–H and O–H groups in total. The van der Waals surface area contributed by atoms with Gasteiger partial charge in [0.05, 0.1) is 27.1 Å². The van der Waals surface area contributed by atoms with E-state index in [4.69, 9.17) is 0 Å². The fourth-order valence-electron chi connectivity index (χ4n) is 4.08. The topological polar surface area (TPSA) is 145 Å². The predicted octanol–water partition coefficient (Wildman–Crippen LogP) is 3.11. The SMILES string of the molecule is CN(C)Cc1ccc(S(=O)(=O)NCCC#Cc2cnc3nc2NCCCNS(=O)(=O)c2cccc(c2)N3)cc1C(F)(F)F. The molecule has 4 bridgehead atoms. The van der Waals surface area contributed by atoms with Gasteiger partial charge in [-0.3, -0.25) is 0 Å². The van der Waals surface area contributed by atoms with E-state index in [1.54, 1.807) is 31.1 Å². The number of benzene rings is 2. The molecule has 2 aromatic carbocycles. The lowest BCUT2D eigenvalue weighted by Gasteiger charge is -2.17. The molecule has 0 fully saturated rings. The molecule has 0 radical (unpaired) electrons. The molecule has 1 aliphatic rings. The average Bonchev–Trinajstić information content (AvgIpc) is 2.93. The first-order valence-corrected chi connectivity index (χ1v) is 16.0. The highest BCUT2D eigenvalue weighted by atomic mass is 32.2. The normalized spacial score (nSPS) is 15.1. The summed E-state index contributed by atoms with van der Waals surface area (Å²) < 4.78 is 96.1. The van der Waals surface area contributed by atoms with Crippen LogP contribution in [0.25, 0.3) is 0 Å². The Labute approximate surface area is 248 Å². The molecular formula is C27H30F3N7O4S2. The molecule has 3 aromatic rings. The van der Waals surface area contributed by atoms with Crippen molar-refractivity contribution in [2.24, 2.45) is 0 Å². The Kier molecular flexibility index (Phi) is 9.93. The van der Waals surface area contributed by atoms with Crippen LogP contribution in [0.3, 0.4) is 0 Å². The summed E-state index contributed by atoms with van der Waals surface area (Å²) in [6.45, 7) is 0.421. The summed E-state index contributed by atoms with van der Waals surface area (Å²) in [4.78, 5) is 9.86. The molecule has 16 heteroatoms. The maximum atomic E-state index is 13.6. The van der Waals surface area contributed by atoms with Gasteiger partial charge < -0.3 is 15.5 Å². The molecule has 0 saturated carbocycles. The smallest absolute Gasteiger partial charge is 0.369 e. The number of hydrogen-bond acceptors (Lipinski definition) is 9. The molecule has 0 amide bonds. The number of alkyl halides is 3. The number of sulfonamides is 2. The van der Waals surface area contributed by atoms with Crippen molar-refractivity contribution >= 4 is 37.5 Å². The van der Waals surface area contributed by atoms with Gasteiger partial charge in [-0.15, -0.1) is 0 Å². The summed E-state index contributed by atoms with van der Waals surface area (Å²) in [6.07, 6.45) is -2.73. The van der Waals surface area contributed by atoms with Crippen LogP contribution in [0.1, 0.15) is 29.5 Å². The van der Waals surface area contributed by atoms with Crippen LogP contribution in [0.4, 0.5) is 30.6 Å². The van der Waals surface area contributed by atoms with Crippen molar-refractivity contribution in [3.63, 3.8) is 0 Å². The lowest BCUT2D eigenvalue weighted by atomic mass is 10.1. The summed E-state index contributed by atoms with van der Waals surface area (Å²) in [5.41, 5.74) is -0.149. The van der Waals surface area contributed by atoms with Crippen LogP contribution in [0.2, 0.25) is 0 Å². The Bertz CT molecular complexity index is 1750. The van der Waals surface area contributed by atoms with E-state index in [1.165, 1.54) is 24.4 Å². The van der Waals surface area contributed by atoms with Gasteiger partial charge in [0.2, 0.25) is 26.0 Å². The van der Waals surface area contributed by atoms with E-state index in [1.807, 2.05) is 0 Å². The van der Waals surface area contributed by atoms with Gasteiger partial charge in [0.25, 0.3) is 0 Å². The maximum Gasteiger partial charge on any atom is 0.416 e. The number of halogens is 3. The van der Waals surface area contributed by atoms with Crippen molar-refractivity contribution < 1.29 is 30.0 Å².